The number of carbonyl (C=O) groups is 2. The number of carbonyl (C=O) groups excluding carboxylic acids is 2. The normalized spacial score (nSPS) is 14.2. The number of piperidine rings is 1. The number of amides is 2. The third-order valence-electron chi connectivity index (χ3n) is 5.71. The van der Waals surface area contributed by atoms with Crippen LogP contribution < -0.4 is 15.0 Å². The Balaban J connectivity index is 1.36. The van der Waals surface area contributed by atoms with Crippen LogP contribution in [-0.4, -0.2) is 56.5 Å². The Morgan fingerprint density at radius 1 is 1.06 bits per heavy atom. The minimum atomic E-state index is -0.0524. The fourth-order valence-corrected chi connectivity index (χ4v) is 3.73. The summed E-state index contributed by atoms with van der Waals surface area (Å²) in [4.78, 5) is 28.9. The summed E-state index contributed by atoms with van der Waals surface area (Å²) in [6, 6.07) is 15.6. The lowest BCUT2D eigenvalue weighted by molar-refractivity contribution is -0.132. The van der Waals surface area contributed by atoms with E-state index in [1.54, 1.807) is 0 Å². The average Bonchev–Trinajstić information content (AvgIpc) is 2.78. The predicted molar refractivity (Wildman–Crippen MR) is 124 cm³/mol. The van der Waals surface area contributed by atoms with Gasteiger partial charge in [-0.1, -0.05) is 18.2 Å². The second-order valence-corrected chi connectivity index (χ2v) is 8.29. The van der Waals surface area contributed by atoms with Crippen molar-refractivity contribution in [2.24, 2.45) is 0 Å². The molecule has 2 amide bonds. The molecule has 0 aromatic heterocycles. The molecule has 0 aliphatic carbocycles. The molecule has 166 valence electrons. The standard InChI is InChI=1S/C25H33N3O3/c1-19-7-4-5-8-23(19)31-18-6-9-24(29)28-16-14-21(15-17-28)26-25(30)20-10-12-22(13-11-20)27(2)3/h4-5,7-8,10-13,21H,6,9,14-18H2,1-3H3,(H,26,30). The van der Waals surface area contributed by atoms with Gasteiger partial charge in [0.25, 0.3) is 5.91 Å². The Hall–Kier alpha value is -3.02. The monoisotopic (exact) mass is 423 g/mol. The van der Waals surface area contributed by atoms with Gasteiger partial charge in [0.05, 0.1) is 6.61 Å². The fraction of sp³-hybridized carbons (Fsp3) is 0.440. The Morgan fingerprint density at radius 3 is 2.39 bits per heavy atom. The number of aryl methyl sites for hydroxylation is 1. The van der Waals surface area contributed by atoms with Crippen molar-refractivity contribution < 1.29 is 14.3 Å². The van der Waals surface area contributed by atoms with Crippen molar-refractivity contribution in [3.05, 3.63) is 59.7 Å². The van der Waals surface area contributed by atoms with Gasteiger partial charge in [0, 0.05) is 50.9 Å². The molecule has 2 aromatic rings. The van der Waals surface area contributed by atoms with Crippen molar-refractivity contribution in [1.82, 2.24) is 10.2 Å². The maximum Gasteiger partial charge on any atom is 0.251 e. The van der Waals surface area contributed by atoms with E-state index in [0.29, 0.717) is 38.1 Å². The molecule has 31 heavy (non-hydrogen) atoms. The second kappa shape index (κ2) is 10.8. The number of benzene rings is 2. The van der Waals surface area contributed by atoms with Crippen LogP contribution >= 0.6 is 0 Å². The molecule has 6 heteroatoms. The summed E-state index contributed by atoms with van der Waals surface area (Å²) >= 11 is 0. The van der Waals surface area contributed by atoms with E-state index in [1.165, 1.54) is 0 Å². The number of nitrogens with one attached hydrogen (secondary N) is 1. The highest BCUT2D eigenvalue weighted by Gasteiger charge is 2.24. The lowest BCUT2D eigenvalue weighted by atomic mass is 10.0. The number of rotatable bonds is 8. The van der Waals surface area contributed by atoms with Crippen LogP contribution in [0.4, 0.5) is 5.69 Å². The zero-order valence-electron chi connectivity index (χ0n) is 18.8. The van der Waals surface area contributed by atoms with Crippen molar-refractivity contribution in [3.63, 3.8) is 0 Å². The summed E-state index contributed by atoms with van der Waals surface area (Å²) in [6.45, 7) is 3.92. The van der Waals surface area contributed by atoms with Crippen molar-refractivity contribution in [3.8, 4) is 5.75 Å². The third-order valence-corrected chi connectivity index (χ3v) is 5.71. The van der Waals surface area contributed by atoms with Gasteiger partial charge in [-0.25, -0.2) is 0 Å². The molecule has 0 saturated carbocycles. The van der Waals surface area contributed by atoms with E-state index in [4.69, 9.17) is 4.74 Å². The molecule has 3 rings (SSSR count). The molecule has 2 aromatic carbocycles. The van der Waals surface area contributed by atoms with Crippen molar-refractivity contribution in [2.75, 3.05) is 38.7 Å². The van der Waals surface area contributed by atoms with E-state index in [2.05, 4.69) is 5.32 Å². The summed E-state index contributed by atoms with van der Waals surface area (Å²) in [7, 11) is 3.95. The summed E-state index contributed by atoms with van der Waals surface area (Å²) in [5.74, 6) is 0.990. The van der Waals surface area contributed by atoms with Crippen LogP contribution in [0.15, 0.2) is 48.5 Å². The molecule has 0 spiro atoms. The largest absolute Gasteiger partial charge is 0.493 e. The molecule has 0 radical (unpaired) electrons. The number of nitrogens with zero attached hydrogens (tertiary/aromatic N) is 2. The van der Waals surface area contributed by atoms with Gasteiger partial charge in [-0.15, -0.1) is 0 Å². The predicted octanol–water partition coefficient (Wildman–Crippen LogP) is 3.64. The van der Waals surface area contributed by atoms with Crippen LogP contribution in [0.3, 0.4) is 0 Å². The highest BCUT2D eigenvalue weighted by molar-refractivity contribution is 5.94. The summed E-state index contributed by atoms with van der Waals surface area (Å²) < 4.78 is 5.78. The smallest absolute Gasteiger partial charge is 0.251 e. The van der Waals surface area contributed by atoms with Crippen LogP contribution in [0.1, 0.15) is 41.6 Å². The van der Waals surface area contributed by atoms with E-state index in [0.717, 1.165) is 29.8 Å². The summed E-state index contributed by atoms with van der Waals surface area (Å²) in [5.41, 5.74) is 2.83. The van der Waals surface area contributed by atoms with Crippen molar-refractivity contribution in [1.29, 1.82) is 0 Å². The van der Waals surface area contributed by atoms with Crippen molar-refractivity contribution >= 4 is 17.5 Å². The Bertz CT molecular complexity index is 872. The molecule has 1 saturated heterocycles. The minimum absolute atomic E-state index is 0.0524. The Kier molecular flexibility index (Phi) is 7.93. The van der Waals surface area contributed by atoms with E-state index in [1.807, 2.05) is 79.3 Å². The lowest BCUT2D eigenvalue weighted by Crippen LogP contribution is -2.46. The highest BCUT2D eigenvalue weighted by atomic mass is 16.5. The maximum atomic E-state index is 12.5. The molecule has 1 aliphatic rings. The average molecular weight is 424 g/mol. The van der Waals surface area contributed by atoms with E-state index in [-0.39, 0.29) is 17.9 Å². The first kappa shape index (κ1) is 22.7. The summed E-state index contributed by atoms with van der Waals surface area (Å²) in [6.07, 6.45) is 2.76. The van der Waals surface area contributed by atoms with Gasteiger partial charge in [0.2, 0.25) is 5.91 Å². The van der Waals surface area contributed by atoms with Gasteiger partial charge in [-0.3, -0.25) is 9.59 Å². The first-order valence-corrected chi connectivity index (χ1v) is 11.0. The molecule has 0 unspecified atom stereocenters. The fourth-order valence-electron chi connectivity index (χ4n) is 3.73. The highest BCUT2D eigenvalue weighted by Crippen LogP contribution is 2.18. The van der Waals surface area contributed by atoms with Gasteiger partial charge in [-0.05, 0) is 62.1 Å². The third kappa shape index (κ3) is 6.48. The first-order valence-electron chi connectivity index (χ1n) is 11.0. The zero-order valence-corrected chi connectivity index (χ0v) is 18.8. The first-order chi connectivity index (χ1) is 14.9. The molecule has 1 aliphatic heterocycles. The Morgan fingerprint density at radius 2 is 1.74 bits per heavy atom. The number of ether oxygens (including phenoxy) is 1. The topological polar surface area (TPSA) is 61.9 Å². The number of anilines is 1. The molecule has 6 nitrogen and oxygen atoms in total. The van der Waals surface area contributed by atoms with E-state index >= 15 is 0 Å². The van der Waals surface area contributed by atoms with Gasteiger partial charge in [0.15, 0.2) is 0 Å². The van der Waals surface area contributed by atoms with Gasteiger partial charge >= 0.3 is 0 Å². The number of likely N-dealkylation sites (tertiary alicyclic amines) is 1. The molecule has 1 fully saturated rings. The van der Waals surface area contributed by atoms with Gasteiger partial charge in [0.1, 0.15) is 5.75 Å². The van der Waals surface area contributed by atoms with Crippen LogP contribution in [0, 0.1) is 6.92 Å². The molecular formula is C25H33N3O3. The van der Waals surface area contributed by atoms with Gasteiger partial charge in [-0.2, -0.15) is 0 Å². The van der Waals surface area contributed by atoms with Crippen LogP contribution in [0.2, 0.25) is 0 Å². The molecule has 0 atom stereocenters. The number of para-hydroxylation sites is 1. The second-order valence-electron chi connectivity index (χ2n) is 8.29. The maximum absolute atomic E-state index is 12.5. The van der Waals surface area contributed by atoms with Gasteiger partial charge < -0.3 is 19.9 Å². The molecule has 0 bridgehead atoms. The minimum Gasteiger partial charge on any atom is -0.493 e. The Labute approximate surface area is 185 Å². The SMILES string of the molecule is Cc1ccccc1OCCCC(=O)N1CCC(NC(=O)c2ccc(N(C)C)cc2)CC1. The summed E-state index contributed by atoms with van der Waals surface area (Å²) in [5, 5.41) is 3.11. The molecule has 1 heterocycles. The van der Waals surface area contributed by atoms with Crippen LogP contribution in [-0.2, 0) is 4.79 Å². The van der Waals surface area contributed by atoms with E-state index in [9.17, 15) is 9.59 Å². The number of hydrogen-bond donors (Lipinski definition) is 1. The van der Waals surface area contributed by atoms with Crippen molar-refractivity contribution in [2.45, 2.75) is 38.6 Å². The lowest BCUT2D eigenvalue weighted by Gasteiger charge is -2.32. The van der Waals surface area contributed by atoms with Crippen LogP contribution in [0.5, 0.6) is 5.75 Å². The molecule has 1 N–H and O–H groups in total. The van der Waals surface area contributed by atoms with Crippen LogP contribution in [0.25, 0.3) is 0 Å². The number of hydrogen-bond acceptors (Lipinski definition) is 4. The molecular weight excluding hydrogens is 390 g/mol. The zero-order chi connectivity index (χ0) is 22.2. The van der Waals surface area contributed by atoms with E-state index < -0.39 is 0 Å². The quantitative estimate of drug-likeness (QED) is 0.659.